The number of carboxylic acid groups (broad SMARTS) is 2. The lowest BCUT2D eigenvalue weighted by Crippen LogP contribution is -2.25. The van der Waals surface area contributed by atoms with Gasteiger partial charge in [0.2, 0.25) is 0 Å². The molecule has 13 heteroatoms. The first-order chi connectivity index (χ1) is 42.0. The molecule has 2 saturated heterocycles. The number of halogens is 1. The van der Waals surface area contributed by atoms with Crippen LogP contribution in [0.1, 0.15) is 183 Å². The average molecular weight is 1250 g/mol. The fourth-order valence-corrected chi connectivity index (χ4v) is 11.9. The van der Waals surface area contributed by atoms with Crippen molar-refractivity contribution >= 4 is 56.7 Å². The van der Waals surface area contributed by atoms with Crippen LogP contribution < -0.4 is 11.1 Å². The molecule has 3 heterocycles. The Labute approximate surface area is 525 Å². The van der Waals surface area contributed by atoms with Gasteiger partial charge in [0.25, 0.3) is 0 Å². The number of nitrogens with two attached hydrogens (primary N) is 1. The number of anilines is 1. The van der Waals surface area contributed by atoms with Crippen molar-refractivity contribution in [3.63, 3.8) is 0 Å². The Morgan fingerprint density at radius 2 is 1.11 bits per heavy atom. The number of likely N-dealkylation sites (tertiary alicyclic amines) is 1. The number of aromatic carboxylic acids is 2. The van der Waals surface area contributed by atoms with Crippen LogP contribution in [0.4, 0.5) is 5.69 Å². The number of allylic oxidation sites excluding steroid dienone is 2. The summed E-state index contributed by atoms with van der Waals surface area (Å²) in [6.45, 7) is 14.2. The Bertz CT molecular complexity index is 3130. The van der Waals surface area contributed by atoms with E-state index >= 15 is 0 Å². The number of alkyl halides is 1. The SMILES string of the molecule is C1CCNC1.CC1CC=C(N2CCCC2)CC1.CC1CCC(=O)C(CC(=O)c2ccccc2)C1.CC1CCC(=O)CC1.CC1CCc2c(cc(-c3ccccc3)n2-c2cccc(C(=O)O)c2)C1.Nc1cccc(C(=O)O)c1.O=C(CBr)c1ccccc1. The highest BCUT2D eigenvalue weighted by atomic mass is 79.9. The number of carboxylic acids is 2. The summed E-state index contributed by atoms with van der Waals surface area (Å²) in [6.07, 6.45) is 22.2. The van der Waals surface area contributed by atoms with Crippen molar-refractivity contribution < 1.29 is 39.0 Å². The molecule has 87 heavy (non-hydrogen) atoms. The van der Waals surface area contributed by atoms with E-state index < -0.39 is 11.9 Å². The monoisotopic (exact) mass is 1240 g/mol. The fourth-order valence-electron chi connectivity index (χ4n) is 11.6. The number of rotatable bonds is 10. The first-order valence-electron chi connectivity index (χ1n) is 31.6. The molecule has 0 radical (unpaired) electrons. The predicted molar refractivity (Wildman–Crippen MR) is 355 cm³/mol. The van der Waals surface area contributed by atoms with Gasteiger partial charge < -0.3 is 30.7 Å². The molecule has 2 saturated carbocycles. The quantitative estimate of drug-likeness (QED) is 0.0580. The van der Waals surface area contributed by atoms with E-state index in [0.717, 1.165) is 91.3 Å². The maximum Gasteiger partial charge on any atom is 0.335 e. The summed E-state index contributed by atoms with van der Waals surface area (Å²) in [5.41, 5.74) is 15.4. The number of ketones is 4. The number of nitrogens with zero attached hydrogens (tertiary/aromatic N) is 2. The lowest BCUT2D eigenvalue weighted by atomic mass is 9.78. The Kier molecular flexibility index (Phi) is 29.2. The summed E-state index contributed by atoms with van der Waals surface area (Å²) >= 11 is 3.10. The van der Waals surface area contributed by atoms with Gasteiger partial charge >= 0.3 is 11.9 Å². The third-order valence-corrected chi connectivity index (χ3v) is 17.4. The minimum atomic E-state index is -0.952. The van der Waals surface area contributed by atoms with Crippen LogP contribution in [0.3, 0.4) is 0 Å². The van der Waals surface area contributed by atoms with E-state index in [4.69, 9.17) is 10.8 Å². The standard InChI is InChI=1S/C22H21NO2.C15H18O2.C11H19N.C8H7BrO.C7H7NO2.C7H12O.C4H9N/c1-15-10-11-20-18(12-15)14-21(16-6-3-2-4-7-16)23(20)19-9-5-8-17(13-19)22(24)25;1-11-7-8-14(16)13(9-11)10-15(17)12-5-3-2-4-6-12;1-10-4-6-11(7-5-10)12-8-2-3-9-12;9-6-8(10)7-4-2-1-3-5-7;8-6-3-1-2-5(4-6)7(9)10;1-6-2-4-7(8)5-3-6;1-2-4-5-3-1/h2-9,13-15H,10-12H2,1H3,(H,24,25);2-6,11,13H,7-10H2,1H3;6,10H,2-5,7-9H2,1H3;1-5H,6H2;1-4H,8H2,(H,9,10);6H,2-5H2,1H3;5H,1-4H2. The van der Waals surface area contributed by atoms with Crippen molar-refractivity contribution in [2.45, 2.75) is 143 Å². The third kappa shape index (κ3) is 23.4. The number of nitrogen functional groups attached to an aromatic ring is 1. The Balaban J connectivity index is 0.000000171. The molecule has 0 spiro atoms. The second-order valence-corrected chi connectivity index (χ2v) is 24.8. The summed E-state index contributed by atoms with van der Waals surface area (Å²) in [4.78, 5) is 69.6. The molecule has 5 aromatic carbocycles. The molecular formula is C74H93BrN4O8. The highest BCUT2D eigenvalue weighted by Crippen LogP contribution is 2.36. The minimum absolute atomic E-state index is 0.0496. The number of fused-ring (bicyclic) bond motifs is 1. The summed E-state index contributed by atoms with van der Waals surface area (Å²) in [6, 6.07) is 44.5. The van der Waals surface area contributed by atoms with Gasteiger partial charge in [0.15, 0.2) is 11.6 Å². The molecule has 6 aliphatic rings. The van der Waals surface area contributed by atoms with Gasteiger partial charge in [0, 0.05) is 78.6 Å². The second-order valence-electron chi connectivity index (χ2n) is 24.2. The number of aromatic nitrogens is 1. The third-order valence-electron chi connectivity index (χ3n) is 16.9. The van der Waals surface area contributed by atoms with E-state index in [1.54, 1.807) is 30.0 Å². The van der Waals surface area contributed by atoms with Gasteiger partial charge in [0.05, 0.1) is 22.2 Å². The summed E-state index contributed by atoms with van der Waals surface area (Å²) in [7, 11) is 0. The Hall–Kier alpha value is -7.22. The van der Waals surface area contributed by atoms with Crippen molar-refractivity contribution in [1.82, 2.24) is 14.8 Å². The van der Waals surface area contributed by atoms with Crippen LogP contribution in [-0.4, -0.2) is 86.3 Å². The van der Waals surface area contributed by atoms with E-state index in [2.05, 4.69) is 82.7 Å². The smallest absolute Gasteiger partial charge is 0.335 e. The molecule has 4 fully saturated rings. The van der Waals surface area contributed by atoms with Crippen LogP contribution in [0.15, 0.2) is 157 Å². The molecule has 5 N–H and O–H groups in total. The van der Waals surface area contributed by atoms with E-state index in [1.165, 1.54) is 101 Å². The summed E-state index contributed by atoms with van der Waals surface area (Å²) in [5, 5.41) is 21.4. The average Bonchev–Trinajstić information content (AvgIpc) is 2.42. The number of nitrogens with one attached hydrogen (secondary N) is 1. The molecule has 12 rings (SSSR count). The maximum atomic E-state index is 12.0. The van der Waals surface area contributed by atoms with E-state index in [0.29, 0.717) is 47.0 Å². The largest absolute Gasteiger partial charge is 0.478 e. The molecule has 4 atom stereocenters. The molecule has 0 bridgehead atoms. The zero-order valence-corrected chi connectivity index (χ0v) is 53.4. The van der Waals surface area contributed by atoms with Gasteiger partial charge in [0.1, 0.15) is 11.6 Å². The van der Waals surface area contributed by atoms with E-state index in [1.807, 2.05) is 91.0 Å². The van der Waals surface area contributed by atoms with Crippen LogP contribution in [0.5, 0.6) is 0 Å². The fraction of sp³-hybridized carbons (Fsp3) is 0.432. The van der Waals surface area contributed by atoms with Crippen LogP contribution >= 0.6 is 15.9 Å². The number of Topliss-reactive ketones (excluding diaryl/α,β-unsaturated/α-hetero) is 4. The maximum absolute atomic E-state index is 12.0. The van der Waals surface area contributed by atoms with Crippen molar-refractivity contribution in [3.05, 3.63) is 191 Å². The molecule has 464 valence electrons. The lowest BCUT2D eigenvalue weighted by molar-refractivity contribution is -0.125. The van der Waals surface area contributed by atoms with Gasteiger partial charge in [-0.25, -0.2) is 9.59 Å². The van der Waals surface area contributed by atoms with Crippen molar-refractivity contribution in [2.75, 3.05) is 37.2 Å². The molecule has 2 aliphatic heterocycles. The van der Waals surface area contributed by atoms with Crippen LogP contribution in [0.25, 0.3) is 16.9 Å². The minimum Gasteiger partial charge on any atom is -0.478 e. The summed E-state index contributed by atoms with van der Waals surface area (Å²) < 4.78 is 2.25. The zero-order valence-electron chi connectivity index (χ0n) is 51.8. The van der Waals surface area contributed by atoms with Gasteiger partial charge in [-0.1, -0.05) is 153 Å². The van der Waals surface area contributed by atoms with Crippen LogP contribution in [0, 0.1) is 29.6 Å². The molecule has 4 unspecified atom stereocenters. The lowest BCUT2D eigenvalue weighted by Gasteiger charge is -2.26. The Morgan fingerprint density at radius 1 is 0.575 bits per heavy atom. The van der Waals surface area contributed by atoms with Crippen LogP contribution in [-0.2, 0) is 22.4 Å². The van der Waals surface area contributed by atoms with Crippen molar-refractivity contribution in [3.8, 4) is 16.9 Å². The number of hydrogen-bond acceptors (Lipinski definition) is 9. The first-order valence-corrected chi connectivity index (χ1v) is 32.7. The van der Waals surface area contributed by atoms with E-state index in [9.17, 15) is 33.9 Å². The molecule has 4 aliphatic carbocycles. The van der Waals surface area contributed by atoms with Gasteiger partial charge in [-0.15, -0.1) is 0 Å². The normalized spacial score (nSPS) is 19.5. The molecule has 12 nitrogen and oxygen atoms in total. The van der Waals surface area contributed by atoms with Crippen LogP contribution in [0.2, 0.25) is 0 Å². The molecule has 1 aromatic heterocycles. The number of hydrogen-bond donors (Lipinski definition) is 4. The van der Waals surface area contributed by atoms with Gasteiger partial charge in [-0.2, -0.15) is 0 Å². The number of benzene rings is 5. The highest BCUT2D eigenvalue weighted by molar-refractivity contribution is 9.09. The topological polar surface area (TPSA) is 189 Å². The molecule has 6 aromatic rings. The highest BCUT2D eigenvalue weighted by Gasteiger charge is 2.29. The van der Waals surface area contributed by atoms with Crippen molar-refractivity contribution in [1.29, 1.82) is 0 Å². The number of carbonyl (C=O) groups excluding carboxylic acids is 4. The van der Waals surface area contributed by atoms with Gasteiger partial charge in [-0.3, -0.25) is 19.2 Å². The van der Waals surface area contributed by atoms with E-state index in [-0.39, 0.29) is 28.8 Å². The molecular weight excluding hydrogens is 1150 g/mol. The Morgan fingerprint density at radius 3 is 1.64 bits per heavy atom. The zero-order chi connectivity index (χ0) is 62.5. The molecule has 0 amide bonds. The summed E-state index contributed by atoms with van der Waals surface area (Å²) in [5.74, 6) is 2.05. The predicted octanol–water partition coefficient (Wildman–Crippen LogP) is 16.4. The second kappa shape index (κ2) is 36.8. The van der Waals surface area contributed by atoms with Crippen molar-refractivity contribution in [2.24, 2.45) is 29.6 Å². The first kappa shape index (κ1) is 68.9. The number of carbonyl (C=O) groups is 6. The van der Waals surface area contributed by atoms with Gasteiger partial charge in [-0.05, 0) is 180 Å².